The Balaban J connectivity index is 1.48. The van der Waals surface area contributed by atoms with E-state index in [2.05, 4.69) is 16.8 Å². The average molecular weight is 508 g/mol. The van der Waals surface area contributed by atoms with Crippen molar-refractivity contribution in [3.8, 4) is 23.1 Å². The summed E-state index contributed by atoms with van der Waals surface area (Å²) in [6.07, 6.45) is 5.00. The molecular formula is C30H29N5O3. The van der Waals surface area contributed by atoms with Crippen LogP contribution in [0.5, 0.6) is 0 Å². The third-order valence-corrected chi connectivity index (χ3v) is 7.87. The van der Waals surface area contributed by atoms with E-state index in [0.717, 1.165) is 23.1 Å². The molecule has 6 rings (SSSR count). The van der Waals surface area contributed by atoms with Crippen LogP contribution in [0.25, 0.3) is 16.8 Å². The number of carbonyl (C=O) groups excluding carboxylic acids is 1. The molecule has 2 aromatic heterocycles. The molecule has 2 aliphatic heterocycles. The number of benzene rings is 2. The van der Waals surface area contributed by atoms with E-state index < -0.39 is 11.1 Å². The maximum absolute atomic E-state index is 13.2. The summed E-state index contributed by atoms with van der Waals surface area (Å²) in [5, 5.41) is 11.3. The molecule has 8 heteroatoms. The molecule has 8 nitrogen and oxygen atoms in total. The minimum Gasteiger partial charge on any atom is -0.382 e. The second kappa shape index (κ2) is 8.98. The smallest absolute Gasteiger partial charge is 0.299 e. The predicted octanol–water partition coefficient (Wildman–Crippen LogP) is 3.47. The zero-order valence-corrected chi connectivity index (χ0v) is 21.4. The van der Waals surface area contributed by atoms with Gasteiger partial charge in [-0.3, -0.25) is 9.20 Å². The molecule has 2 saturated heterocycles. The lowest BCUT2D eigenvalue weighted by Gasteiger charge is -2.42. The van der Waals surface area contributed by atoms with E-state index >= 15 is 0 Å². The fourth-order valence-electron chi connectivity index (χ4n) is 5.95. The summed E-state index contributed by atoms with van der Waals surface area (Å²) in [6.45, 7) is 4.27. The Morgan fingerprint density at radius 1 is 1.18 bits per heavy atom. The minimum atomic E-state index is -1.15. The summed E-state index contributed by atoms with van der Waals surface area (Å²) < 4.78 is 7.93. The maximum atomic E-state index is 13.2. The summed E-state index contributed by atoms with van der Waals surface area (Å²) in [4.78, 5) is 24.5. The molecule has 3 unspecified atom stereocenters. The number of rotatable bonds is 4. The van der Waals surface area contributed by atoms with Crippen LogP contribution in [0.15, 0.2) is 67.0 Å². The largest absolute Gasteiger partial charge is 0.382 e. The number of morpholine rings is 1. The summed E-state index contributed by atoms with van der Waals surface area (Å²) >= 11 is 0. The van der Waals surface area contributed by atoms with Gasteiger partial charge in [-0.1, -0.05) is 60.5 Å². The number of ether oxygens (including phenoxy) is 1. The van der Waals surface area contributed by atoms with Crippen LogP contribution in [0.4, 0.5) is 5.82 Å². The number of aliphatic hydroxyl groups is 1. The first-order chi connectivity index (χ1) is 18.4. The molecule has 0 spiro atoms. The lowest BCUT2D eigenvalue weighted by molar-refractivity contribution is -0.145. The van der Waals surface area contributed by atoms with E-state index in [4.69, 9.17) is 15.5 Å². The summed E-state index contributed by atoms with van der Waals surface area (Å²) in [5.41, 5.74) is 8.22. The van der Waals surface area contributed by atoms with Gasteiger partial charge in [-0.15, -0.1) is 0 Å². The fraction of sp³-hybridized carbons (Fsp3) is 0.300. The Morgan fingerprint density at radius 3 is 2.66 bits per heavy atom. The predicted molar refractivity (Wildman–Crippen MR) is 144 cm³/mol. The van der Waals surface area contributed by atoms with Crippen molar-refractivity contribution >= 4 is 17.2 Å². The van der Waals surface area contributed by atoms with Gasteiger partial charge in [-0.25, -0.2) is 9.97 Å². The highest BCUT2D eigenvalue weighted by molar-refractivity contribution is 5.95. The summed E-state index contributed by atoms with van der Waals surface area (Å²) in [5.74, 6) is 6.29. The number of imidazole rings is 1. The average Bonchev–Trinajstić information content (AvgIpc) is 3.44. The molecule has 3 atom stereocenters. The number of nitrogens with two attached hydrogens (primary N) is 1. The van der Waals surface area contributed by atoms with E-state index in [9.17, 15) is 9.90 Å². The van der Waals surface area contributed by atoms with Crippen LogP contribution in [-0.2, 0) is 20.7 Å². The van der Waals surface area contributed by atoms with Gasteiger partial charge in [-0.2, -0.15) is 0 Å². The molecule has 4 heterocycles. The fourth-order valence-corrected chi connectivity index (χ4v) is 5.95. The summed E-state index contributed by atoms with van der Waals surface area (Å²) in [6, 6.07) is 17.2. The third-order valence-electron chi connectivity index (χ3n) is 7.87. The number of carbonyl (C=O) groups is 1. The van der Waals surface area contributed by atoms with Crippen molar-refractivity contribution in [1.82, 2.24) is 19.3 Å². The zero-order chi connectivity index (χ0) is 26.5. The highest BCUT2D eigenvalue weighted by atomic mass is 16.5. The Hall–Kier alpha value is -4.19. The summed E-state index contributed by atoms with van der Waals surface area (Å²) in [7, 11) is 0. The van der Waals surface area contributed by atoms with Gasteiger partial charge in [0.2, 0.25) is 0 Å². The van der Waals surface area contributed by atoms with Gasteiger partial charge >= 0.3 is 0 Å². The monoisotopic (exact) mass is 507 g/mol. The lowest BCUT2D eigenvalue weighted by atomic mass is 9.87. The normalized spacial score (nSPS) is 22.1. The SMILES string of the molecule is CC#CC(=O)N1C2CCC1(c1nc(-c3ccc(C(C)(O)c4ccccc4)cc3)c3c(N)nccn13)COC2. The topological polar surface area (TPSA) is 106 Å². The molecule has 2 bridgehead atoms. The molecule has 3 N–H and O–H groups in total. The van der Waals surface area contributed by atoms with E-state index in [1.54, 1.807) is 20.0 Å². The number of hydrogen-bond donors (Lipinski definition) is 2. The number of nitrogens with zero attached hydrogens (tertiary/aromatic N) is 4. The van der Waals surface area contributed by atoms with Crippen molar-refractivity contribution in [2.45, 2.75) is 43.9 Å². The first-order valence-electron chi connectivity index (χ1n) is 12.7. The van der Waals surface area contributed by atoms with Crippen molar-refractivity contribution < 1.29 is 14.6 Å². The first kappa shape index (κ1) is 24.2. The molecule has 1 amide bonds. The van der Waals surface area contributed by atoms with Gasteiger partial charge in [0, 0.05) is 18.0 Å². The van der Waals surface area contributed by atoms with Gasteiger partial charge in [-0.05, 0) is 43.7 Å². The maximum Gasteiger partial charge on any atom is 0.299 e. The van der Waals surface area contributed by atoms with Gasteiger partial charge in [0.25, 0.3) is 5.91 Å². The molecule has 2 aromatic carbocycles. The quantitative estimate of drug-likeness (QED) is 0.410. The number of anilines is 1. The van der Waals surface area contributed by atoms with E-state index in [0.29, 0.717) is 42.5 Å². The lowest BCUT2D eigenvalue weighted by Crippen LogP contribution is -2.56. The van der Waals surface area contributed by atoms with Gasteiger partial charge < -0.3 is 20.5 Å². The molecule has 4 aromatic rings. The van der Waals surface area contributed by atoms with E-state index in [1.807, 2.05) is 70.1 Å². The van der Waals surface area contributed by atoms with Crippen molar-refractivity contribution in [2.24, 2.45) is 0 Å². The number of hydrogen-bond acceptors (Lipinski definition) is 6. The third kappa shape index (κ3) is 3.58. The van der Waals surface area contributed by atoms with Crippen LogP contribution < -0.4 is 5.73 Å². The standard InChI is InChI=1S/C30H29N5O3/c1-3-7-24(36)35-23-14-15-30(35,19-38-18-23)28-33-25(26-27(31)32-16-17-34(26)28)20-10-12-22(13-11-20)29(2,37)21-8-5-4-6-9-21/h4-6,8-13,16-17,23,37H,14-15,18-19H2,1-2H3,(H2,31,32). The molecule has 192 valence electrons. The van der Waals surface area contributed by atoms with Crippen LogP contribution in [0.3, 0.4) is 0 Å². The van der Waals surface area contributed by atoms with Crippen molar-refractivity contribution in [3.63, 3.8) is 0 Å². The number of aromatic nitrogens is 3. The van der Waals surface area contributed by atoms with Crippen molar-refractivity contribution in [2.75, 3.05) is 18.9 Å². The van der Waals surface area contributed by atoms with Crippen LogP contribution in [0.1, 0.15) is 43.6 Å². The molecule has 0 radical (unpaired) electrons. The number of nitrogen functional groups attached to an aromatic ring is 1. The van der Waals surface area contributed by atoms with Gasteiger partial charge in [0.1, 0.15) is 34.0 Å². The molecule has 0 aliphatic carbocycles. The second-order valence-corrected chi connectivity index (χ2v) is 10.1. The molecule has 2 fully saturated rings. The first-order valence-corrected chi connectivity index (χ1v) is 12.7. The molecular weight excluding hydrogens is 478 g/mol. The minimum absolute atomic E-state index is 0.0495. The Morgan fingerprint density at radius 2 is 1.92 bits per heavy atom. The van der Waals surface area contributed by atoms with Crippen LogP contribution in [0, 0.1) is 11.8 Å². The second-order valence-electron chi connectivity index (χ2n) is 10.1. The number of amides is 1. The highest BCUT2D eigenvalue weighted by Crippen LogP contribution is 2.46. The Kier molecular flexibility index (Phi) is 5.71. The van der Waals surface area contributed by atoms with Crippen LogP contribution in [0.2, 0.25) is 0 Å². The van der Waals surface area contributed by atoms with Crippen LogP contribution >= 0.6 is 0 Å². The van der Waals surface area contributed by atoms with Crippen LogP contribution in [-0.4, -0.2) is 49.5 Å². The Bertz CT molecular complexity index is 1580. The molecule has 0 saturated carbocycles. The van der Waals surface area contributed by atoms with Gasteiger partial charge in [0.15, 0.2) is 0 Å². The van der Waals surface area contributed by atoms with Crippen molar-refractivity contribution in [1.29, 1.82) is 0 Å². The number of fused-ring (bicyclic) bond motifs is 3. The van der Waals surface area contributed by atoms with E-state index in [-0.39, 0.29) is 11.9 Å². The molecule has 2 aliphatic rings. The van der Waals surface area contributed by atoms with E-state index in [1.165, 1.54) is 0 Å². The Labute approximate surface area is 221 Å². The highest BCUT2D eigenvalue weighted by Gasteiger charge is 2.55. The zero-order valence-electron chi connectivity index (χ0n) is 21.4. The molecule has 38 heavy (non-hydrogen) atoms. The van der Waals surface area contributed by atoms with Crippen molar-refractivity contribution in [3.05, 3.63) is 83.9 Å². The van der Waals surface area contributed by atoms with Gasteiger partial charge in [0.05, 0.1) is 19.3 Å².